The van der Waals surface area contributed by atoms with E-state index in [9.17, 15) is 8.42 Å². The fraction of sp³-hybridized carbons (Fsp3) is 0.538. The van der Waals surface area contributed by atoms with Crippen LogP contribution in [-0.2, 0) is 14.3 Å². The number of benzene rings is 1. The Bertz CT molecular complexity index is 473. The SMILES string of the molecule is Cc1ccc(S(=O)(=O)OCC2CCCSC2)cc1. The Labute approximate surface area is 113 Å². The van der Waals surface area contributed by atoms with Gasteiger partial charge in [0.05, 0.1) is 11.5 Å². The van der Waals surface area contributed by atoms with Gasteiger partial charge in [-0.15, -0.1) is 0 Å². The molecule has 2 rings (SSSR count). The average molecular weight is 286 g/mol. The van der Waals surface area contributed by atoms with E-state index in [2.05, 4.69) is 0 Å². The maximum absolute atomic E-state index is 12.0. The number of hydrogen-bond acceptors (Lipinski definition) is 4. The van der Waals surface area contributed by atoms with Crippen molar-refractivity contribution >= 4 is 21.9 Å². The van der Waals surface area contributed by atoms with Crippen LogP contribution in [0.3, 0.4) is 0 Å². The maximum atomic E-state index is 12.0. The zero-order chi connectivity index (χ0) is 13.0. The normalized spacial score (nSPS) is 20.8. The quantitative estimate of drug-likeness (QED) is 0.798. The molecule has 5 heteroatoms. The smallest absolute Gasteiger partial charge is 0.266 e. The Kier molecular flexibility index (Phi) is 4.70. The Morgan fingerprint density at radius 3 is 2.67 bits per heavy atom. The molecule has 3 nitrogen and oxygen atoms in total. The van der Waals surface area contributed by atoms with Crippen molar-refractivity contribution in [2.24, 2.45) is 5.92 Å². The second-order valence-corrected chi connectivity index (χ2v) is 7.40. The van der Waals surface area contributed by atoms with Gasteiger partial charge in [-0.05, 0) is 49.3 Å². The van der Waals surface area contributed by atoms with Crippen LogP contribution in [0.4, 0.5) is 0 Å². The van der Waals surface area contributed by atoms with Gasteiger partial charge in [0.15, 0.2) is 0 Å². The summed E-state index contributed by atoms with van der Waals surface area (Å²) in [4.78, 5) is 0.247. The molecule has 1 aromatic rings. The molecule has 1 aliphatic rings. The largest absolute Gasteiger partial charge is 0.296 e. The molecule has 0 amide bonds. The molecule has 1 unspecified atom stereocenters. The number of hydrogen-bond donors (Lipinski definition) is 0. The molecule has 0 N–H and O–H groups in total. The van der Waals surface area contributed by atoms with Crippen molar-refractivity contribution in [1.82, 2.24) is 0 Å². The Balaban J connectivity index is 1.96. The summed E-state index contributed by atoms with van der Waals surface area (Å²) in [6, 6.07) is 6.76. The van der Waals surface area contributed by atoms with E-state index in [1.54, 1.807) is 24.3 Å². The van der Waals surface area contributed by atoms with Gasteiger partial charge in [-0.25, -0.2) is 0 Å². The maximum Gasteiger partial charge on any atom is 0.296 e. The lowest BCUT2D eigenvalue weighted by Crippen LogP contribution is -2.19. The summed E-state index contributed by atoms with van der Waals surface area (Å²) in [5.74, 6) is 2.55. The van der Waals surface area contributed by atoms with E-state index >= 15 is 0 Å². The van der Waals surface area contributed by atoms with Crippen LogP contribution in [-0.4, -0.2) is 26.5 Å². The predicted octanol–water partition coefficient (Wildman–Crippen LogP) is 2.84. The van der Waals surface area contributed by atoms with Gasteiger partial charge in [-0.1, -0.05) is 17.7 Å². The lowest BCUT2D eigenvalue weighted by molar-refractivity contribution is 0.257. The van der Waals surface area contributed by atoms with E-state index in [0.717, 1.165) is 24.2 Å². The molecular weight excluding hydrogens is 268 g/mol. The van der Waals surface area contributed by atoms with Crippen molar-refractivity contribution in [3.05, 3.63) is 29.8 Å². The molecule has 18 heavy (non-hydrogen) atoms. The highest BCUT2D eigenvalue weighted by atomic mass is 32.2. The molecule has 1 fully saturated rings. The van der Waals surface area contributed by atoms with Crippen molar-refractivity contribution in [2.75, 3.05) is 18.1 Å². The summed E-state index contributed by atoms with van der Waals surface area (Å²) >= 11 is 1.88. The second kappa shape index (κ2) is 6.08. The van der Waals surface area contributed by atoms with Crippen LogP contribution >= 0.6 is 11.8 Å². The summed E-state index contributed by atoms with van der Waals surface area (Å²) in [7, 11) is -3.59. The van der Waals surface area contributed by atoms with E-state index in [1.807, 2.05) is 18.7 Å². The minimum Gasteiger partial charge on any atom is -0.266 e. The highest BCUT2D eigenvalue weighted by Crippen LogP contribution is 2.24. The molecule has 1 atom stereocenters. The fourth-order valence-corrected chi connectivity index (χ4v) is 4.01. The van der Waals surface area contributed by atoms with Crippen molar-refractivity contribution in [2.45, 2.75) is 24.7 Å². The standard InChI is InChI=1S/C13H18O3S2/c1-11-4-6-13(7-5-11)18(14,15)16-9-12-3-2-8-17-10-12/h4-7,12H,2-3,8-10H2,1H3. The van der Waals surface area contributed by atoms with Gasteiger partial charge < -0.3 is 0 Å². The van der Waals surface area contributed by atoms with Gasteiger partial charge in [0, 0.05) is 0 Å². The number of rotatable bonds is 4. The van der Waals surface area contributed by atoms with E-state index < -0.39 is 10.1 Å². The van der Waals surface area contributed by atoms with E-state index in [1.165, 1.54) is 5.75 Å². The topological polar surface area (TPSA) is 43.4 Å². The van der Waals surface area contributed by atoms with Crippen LogP contribution in [0.1, 0.15) is 18.4 Å². The second-order valence-electron chi connectivity index (χ2n) is 4.63. The van der Waals surface area contributed by atoms with Crippen molar-refractivity contribution in [1.29, 1.82) is 0 Å². The zero-order valence-electron chi connectivity index (χ0n) is 10.5. The van der Waals surface area contributed by atoms with Crippen molar-refractivity contribution < 1.29 is 12.6 Å². The Morgan fingerprint density at radius 1 is 1.33 bits per heavy atom. The fourth-order valence-electron chi connectivity index (χ4n) is 1.90. The Morgan fingerprint density at radius 2 is 2.06 bits per heavy atom. The lowest BCUT2D eigenvalue weighted by Gasteiger charge is -2.20. The number of aryl methyl sites for hydroxylation is 1. The van der Waals surface area contributed by atoms with Crippen LogP contribution < -0.4 is 0 Å². The molecule has 1 heterocycles. The van der Waals surface area contributed by atoms with Crippen LogP contribution in [0.5, 0.6) is 0 Å². The van der Waals surface area contributed by atoms with E-state index in [0.29, 0.717) is 12.5 Å². The predicted molar refractivity (Wildman–Crippen MR) is 74.4 cm³/mol. The molecule has 1 aromatic carbocycles. The van der Waals surface area contributed by atoms with E-state index in [-0.39, 0.29) is 4.90 Å². The first kappa shape index (κ1) is 13.9. The third-order valence-electron chi connectivity index (χ3n) is 3.02. The van der Waals surface area contributed by atoms with Gasteiger partial charge in [0.1, 0.15) is 0 Å². The lowest BCUT2D eigenvalue weighted by atomic mass is 10.1. The van der Waals surface area contributed by atoms with Crippen molar-refractivity contribution in [3.63, 3.8) is 0 Å². The summed E-state index contributed by atoms with van der Waals surface area (Å²) in [6.07, 6.45) is 2.22. The summed E-state index contributed by atoms with van der Waals surface area (Å²) in [5, 5.41) is 0. The molecule has 0 saturated carbocycles. The third-order valence-corrected chi connectivity index (χ3v) is 5.60. The summed E-state index contributed by atoms with van der Waals surface area (Å²) < 4.78 is 29.1. The molecule has 0 bridgehead atoms. The number of thioether (sulfide) groups is 1. The molecule has 0 spiro atoms. The van der Waals surface area contributed by atoms with Gasteiger partial charge in [0.25, 0.3) is 10.1 Å². The third kappa shape index (κ3) is 3.73. The highest BCUT2D eigenvalue weighted by Gasteiger charge is 2.20. The first-order valence-electron chi connectivity index (χ1n) is 6.12. The molecule has 0 radical (unpaired) electrons. The monoisotopic (exact) mass is 286 g/mol. The summed E-state index contributed by atoms with van der Waals surface area (Å²) in [6.45, 7) is 2.24. The zero-order valence-corrected chi connectivity index (χ0v) is 12.1. The molecule has 0 aromatic heterocycles. The molecule has 100 valence electrons. The van der Waals surface area contributed by atoms with Crippen molar-refractivity contribution in [3.8, 4) is 0 Å². The van der Waals surface area contributed by atoms with Crippen LogP contribution in [0.25, 0.3) is 0 Å². The average Bonchev–Trinajstić information content (AvgIpc) is 2.38. The van der Waals surface area contributed by atoms with Crippen LogP contribution in [0.2, 0.25) is 0 Å². The van der Waals surface area contributed by atoms with Crippen LogP contribution in [0, 0.1) is 12.8 Å². The minimum absolute atomic E-state index is 0.247. The van der Waals surface area contributed by atoms with Crippen LogP contribution in [0.15, 0.2) is 29.2 Å². The molecular formula is C13H18O3S2. The summed E-state index contributed by atoms with van der Waals surface area (Å²) in [5.41, 5.74) is 1.04. The van der Waals surface area contributed by atoms with Gasteiger partial charge in [0.2, 0.25) is 0 Å². The Hall–Kier alpha value is -0.520. The molecule has 1 saturated heterocycles. The van der Waals surface area contributed by atoms with Gasteiger partial charge >= 0.3 is 0 Å². The van der Waals surface area contributed by atoms with Gasteiger partial charge in [-0.3, -0.25) is 4.18 Å². The minimum atomic E-state index is -3.59. The highest BCUT2D eigenvalue weighted by molar-refractivity contribution is 7.99. The first-order valence-corrected chi connectivity index (χ1v) is 8.68. The molecule has 0 aliphatic carbocycles. The first-order chi connectivity index (χ1) is 8.58. The van der Waals surface area contributed by atoms with E-state index in [4.69, 9.17) is 4.18 Å². The molecule has 1 aliphatic heterocycles. The van der Waals surface area contributed by atoms with Gasteiger partial charge in [-0.2, -0.15) is 20.2 Å².